The van der Waals surface area contributed by atoms with Gasteiger partial charge in [-0.05, 0) is 12.1 Å². The molecule has 1 saturated heterocycles. The molecule has 6 heteroatoms. The third-order valence-corrected chi connectivity index (χ3v) is 4.41. The summed E-state index contributed by atoms with van der Waals surface area (Å²) >= 11 is 1.66. The van der Waals surface area contributed by atoms with Crippen molar-refractivity contribution in [2.45, 2.75) is 6.10 Å². The molecule has 1 atom stereocenters. The molecule has 3 rings (SSSR count). The predicted molar refractivity (Wildman–Crippen MR) is 80.0 cm³/mol. The van der Waals surface area contributed by atoms with E-state index in [4.69, 9.17) is 14.2 Å². The fourth-order valence-corrected chi connectivity index (χ4v) is 3.22. The number of thiazole rings is 1. The lowest BCUT2D eigenvalue weighted by atomic mass is 10.3. The highest BCUT2D eigenvalue weighted by Gasteiger charge is 2.19. The number of hydrogen-bond donors (Lipinski definition) is 0. The van der Waals surface area contributed by atoms with Crippen LogP contribution < -0.4 is 9.64 Å². The van der Waals surface area contributed by atoms with Gasteiger partial charge in [-0.15, -0.1) is 0 Å². The van der Waals surface area contributed by atoms with Crippen LogP contribution in [0.4, 0.5) is 5.13 Å². The minimum Gasteiger partial charge on any atom is -0.494 e. The molecule has 2 aromatic rings. The molecule has 1 fully saturated rings. The minimum absolute atomic E-state index is 0.114. The Morgan fingerprint density at radius 3 is 3.10 bits per heavy atom. The van der Waals surface area contributed by atoms with Gasteiger partial charge in [0.25, 0.3) is 0 Å². The van der Waals surface area contributed by atoms with Crippen molar-refractivity contribution >= 4 is 26.7 Å². The van der Waals surface area contributed by atoms with Crippen LogP contribution in [-0.4, -0.2) is 51.6 Å². The standard InChI is InChI=1S/C14H18N2O3S/c1-16(8-10-9-18-6-7-19-10)14-15-13-11(17-2)4-3-5-12(13)20-14/h3-5,10H,6-9H2,1-2H3. The van der Waals surface area contributed by atoms with E-state index in [2.05, 4.69) is 16.0 Å². The zero-order valence-corrected chi connectivity index (χ0v) is 12.5. The maximum absolute atomic E-state index is 5.67. The van der Waals surface area contributed by atoms with Crippen molar-refractivity contribution in [1.29, 1.82) is 0 Å². The van der Waals surface area contributed by atoms with Crippen molar-refractivity contribution in [2.24, 2.45) is 0 Å². The molecule has 2 heterocycles. The predicted octanol–water partition coefficient (Wildman–Crippen LogP) is 2.16. The zero-order chi connectivity index (χ0) is 13.9. The van der Waals surface area contributed by atoms with E-state index < -0.39 is 0 Å². The smallest absolute Gasteiger partial charge is 0.186 e. The Labute approximate surface area is 122 Å². The number of rotatable bonds is 4. The van der Waals surface area contributed by atoms with E-state index in [1.807, 2.05) is 19.2 Å². The fraction of sp³-hybridized carbons (Fsp3) is 0.500. The van der Waals surface area contributed by atoms with E-state index in [0.29, 0.717) is 19.8 Å². The number of likely N-dealkylation sites (N-methyl/N-ethyl adjacent to an activating group) is 1. The van der Waals surface area contributed by atoms with Gasteiger partial charge in [0, 0.05) is 13.6 Å². The Bertz CT molecular complexity index is 581. The Hall–Kier alpha value is -1.37. The largest absolute Gasteiger partial charge is 0.494 e. The van der Waals surface area contributed by atoms with Crippen molar-refractivity contribution in [3.63, 3.8) is 0 Å². The average molecular weight is 294 g/mol. The van der Waals surface area contributed by atoms with Crippen LogP contribution in [0.5, 0.6) is 5.75 Å². The third-order valence-electron chi connectivity index (χ3n) is 3.28. The number of methoxy groups -OCH3 is 1. The van der Waals surface area contributed by atoms with Gasteiger partial charge in [0.2, 0.25) is 0 Å². The maximum Gasteiger partial charge on any atom is 0.186 e. The molecular weight excluding hydrogens is 276 g/mol. The van der Waals surface area contributed by atoms with Gasteiger partial charge < -0.3 is 19.1 Å². The Balaban J connectivity index is 1.78. The summed E-state index contributed by atoms with van der Waals surface area (Å²) in [5.74, 6) is 0.815. The first-order valence-electron chi connectivity index (χ1n) is 6.62. The number of ether oxygens (including phenoxy) is 3. The van der Waals surface area contributed by atoms with Gasteiger partial charge in [-0.3, -0.25) is 0 Å². The number of fused-ring (bicyclic) bond motifs is 1. The molecule has 20 heavy (non-hydrogen) atoms. The van der Waals surface area contributed by atoms with Crippen LogP contribution in [0, 0.1) is 0 Å². The summed E-state index contributed by atoms with van der Waals surface area (Å²) in [5, 5.41) is 0.971. The van der Waals surface area contributed by atoms with Gasteiger partial charge in [0.15, 0.2) is 5.13 Å². The highest BCUT2D eigenvalue weighted by molar-refractivity contribution is 7.22. The molecule has 108 valence electrons. The van der Waals surface area contributed by atoms with Gasteiger partial charge >= 0.3 is 0 Å². The number of nitrogens with zero attached hydrogens (tertiary/aromatic N) is 2. The first-order chi connectivity index (χ1) is 9.78. The van der Waals surface area contributed by atoms with Crippen LogP contribution in [0.3, 0.4) is 0 Å². The third kappa shape index (κ3) is 2.72. The highest BCUT2D eigenvalue weighted by atomic mass is 32.1. The van der Waals surface area contributed by atoms with E-state index in [0.717, 1.165) is 27.6 Å². The summed E-state index contributed by atoms with van der Waals surface area (Å²) in [6, 6.07) is 5.98. The molecule has 0 bridgehead atoms. The summed E-state index contributed by atoms with van der Waals surface area (Å²) in [4.78, 5) is 6.79. The lowest BCUT2D eigenvalue weighted by Crippen LogP contribution is -2.38. The van der Waals surface area contributed by atoms with Gasteiger partial charge in [-0.1, -0.05) is 17.4 Å². The molecule has 1 aromatic heterocycles. The van der Waals surface area contributed by atoms with Crippen molar-refractivity contribution < 1.29 is 14.2 Å². The van der Waals surface area contributed by atoms with Crippen LogP contribution in [-0.2, 0) is 9.47 Å². The van der Waals surface area contributed by atoms with Crippen molar-refractivity contribution in [1.82, 2.24) is 4.98 Å². The monoisotopic (exact) mass is 294 g/mol. The van der Waals surface area contributed by atoms with Crippen molar-refractivity contribution in [2.75, 3.05) is 45.4 Å². The average Bonchev–Trinajstić information content (AvgIpc) is 2.92. The summed E-state index contributed by atoms with van der Waals surface area (Å²) in [5.41, 5.74) is 0.919. The van der Waals surface area contributed by atoms with E-state index in [-0.39, 0.29) is 6.10 Å². The maximum atomic E-state index is 5.67. The second-order valence-electron chi connectivity index (χ2n) is 4.75. The topological polar surface area (TPSA) is 43.8 Å². The van der Waals surface area contributed by atoms with Gasteiger partial charge in [-0.2, -0.15) is 0 Å². The number of benzene rings is 1. The molecule has 0 N–H and O–H groups in total. The minimum atomic E-state index is 0.114. The van der Waals surface area contributed by atoms with E-state index in [9.17, 15) is 0 Å². The molecular formula is C14H18N2O3S. The van der Waals surface area contributed by atoms with Crippen LogP contribution in [0.15, 0.2) is 18.2 Å². The molecule has 5 nitrogen and oxygen atoms in total. The van der Waals surface area contributed by atoms with Crippen LogP contribution in [0.2, 0.25) is 0 Å². The van der Waals surface area contributed by atoms with Crippen molar-refractivity contribution in [3.05, 3.63) is 18.2 Å². The van der Waals surface area contributed by atoms with E-state index in [1.165, 1.54) is 0 Å². The molecule has 1 aliphatic heterocycles. The lowest BCUT2D eigenvalue weighted by molar-refractivity contribution is -0.0837. The number of anilines is 1. The van der Waals surface area contributed by atoms with Gasteiger partial charge in [0.1, 0.15) is 11.3 Å². The van der Waals surface area contributed by atoms with Crippen molar-refractivity contribution in [3.8, 4) is 5.75 Å². The molecule has 0 amide bonds. The molecule has 0 aliphatic carbocycles. The van der Waals surface area contributed by atoms with Crippen LogP contribution >= 0.6 is 11.3 Å². The second-order valence-corrected chi connectivity index (χ2v) is 5.76. The quantitative estimate of drug-likeness (QED) is 0.864. The summed E-state index contributed by atoms with van der Waals surface area (Å²) in [6.07, 6.45) is 0.114. The molecule has 1 aromatic carbocycles. The lowest BCUT2D eigenvalue weighted by Gasteiger charge is -2.27. The van der Waals surface area contributed by atoms with Crippen LogP contribution in [0.25, 0.3) is 10.2 Å². The number of aromatic nitrogens is 1. The van der Waals surface area contributed by atoms with E-state index >= 15 is 0 Å². The zero-order valence-electron chi connectivity index (χ0n) is 11.7. The number of hydrogen-bond acceptors (Lipinski definition) is 6. The second kappa shape index (κ2) is 5.95. The molecule has 1 aliphatic rings. The Morgan fingerprint density at radius 1 is 1.45 bits per heavy atom. The molecule has 0 radical (unpaired) electrons. The number of para-hydroxylation sites is 1. The molecule has 1 unspecified atom stereocenters. The Kier molecular flexibility index (Phi) is 4.05. The molecule has 0 spiro atoms. The first-order valence-corrected chi connectivity index (χ1v) is 7.43. The first kappa shape index (κ1) is 13.6. The van der Waals surface area contributed by atoms with Gasteiger partial charge in [-0.25, -0.2) is 4.98 Å². The molecule has 0 saturated carbocycles. The fourth-order valence-electron chi connectivity index (χ4n) is 2.27. The highest BCUT2D eigenvalue weighted by Crippen LogP contribution is 2.33. The van der Waals surface area contributed by atoms with Crippen LogP contribution in [0.1, 0.15) is 0 Å². The normalized spacial score (nSPS) is 19.2. The summed E-state index contributed by atoms with van der Waals surface area (Å²) < 4.78 is 17.6. The van der Waals surface area contributed by atoms with Gasteiger partial charge in [0.05, 0.1) is 37.7 Å². The summed E-state index contributed by atoms with van der Waals surface area (Å²) in [7, 11) is 3.70. The Morgan fingerprint density at radius 2 is 2.35 bits per heavy atom. The SMILES string of the molecule is COc1cccc2sc(N(C)CC3COCCO3)nc12. The van der Waals surface area contributed by atoms with E-state index in [1.54, 1.807) is 18.4 Å². The summed E-state index contributed by atoms with van der Waals surface area (Å²) in [6.45, 7) is 2.80.